The number of carbonyl (C=O) groups excluding carboxylic acids is 2. The number of esters is 1. The summed E-state index contributed by atoms with van der Waals surface area (Å²) >= 11 is 1.54. The molecule has 1 amide bonds. The molecule has 25 heavy (non-hydrogen) atoms. The second kappa shape index (κ2) is 9.22. The average molecular weight is 361 g/mol. The minimum atomic E-state index is -0.923. The highest BCUT2D eigenvalue weighted by atomic mass is 32.2. The molecule has 4 nitrogen and oxygen atoms in total. The summed E-state index contributed by atoms with van der Waals surface area (Å²) in [6, 6.07) is 13.0. The standard InChI is InChI=1S/C19H20FNO3S/c1-3-25-17-7-5-4-6-16(17)19(23)24-13(2)18(22)21-12-14-8-10-15(20)11-9-14/h4-11,13H,3,12H2,1-2H3,(H,21,22)/t13-/m1/s1. The lowest BCUT2D eigenvalue weighted by Gasteiger charge is -2.15. The monoisotopic (exact) mass is 361 g/mol. The van der Waals surface area contributed by atoms with Crippen LogP contribution in [0.25, 0.3) is 0 Å². The van der Waals surface area contributed by atoms with Gasteiger partial charge >= 0.3 is 5.97 Å². The number of ether oxygens (including phenoxy) is 1. The fourth-order valence-electron chi connectivity index (χ4n) is 2.13. The maximum atomic E-state index is 12.9. The van der Waals surface area contributed by atoms with Crippen molar-refractivity contribution in [1.82, 2.24) is 5.32 Å². The van der Waals surface area contributed by atoms with Gasteiger partial charge in [-0.3, -0.25) is 4.79 Å². The Kier molecular flexibility index (Phi) is 7.01. The lowest BCUT2D eigenvalue weighted by molar-refractivity contribution is -0.129. The minimum Gasteiger partial charge on any atom is -0.449 e. The van der Waals surface area contributed by atoms with Crippen molar-refractivity contribution >= 4 is 23.6 Å². The number of carbonyl (C=O) groups is 2. The summed E-state index contributed by atoms with van der Waals surface area (Å²) in [6.07, 6.45) is -0.923. The first-order valence-corrected chi connectivity index (χ1v) is 8.94. The normalized spacial score (nSPS) is 11.6. The van der Waals surface area contributed by atoms with Crippen LogP contribution in [0.2, 0.25) is 0 Å². The van der Waals surface area contributed by atoms with E-state index in [-0.39, 0.29) is 12.4 Å². The molecule has 0 unspecified atom stereocenters. The first kappa shape index (κ1) is 19.0. The van der Waals surface area contributed by atoms with Gasteiger partial charge in [0.25, 0.3) is 5.91 Å². The van der Waals surface area contributed by atoms with Gasteiger partial charge in [-0.1, -0.05) is 31.2 Å². The van der Waals surface area contributed by atoms with Crippen LogP contribution in [0.5, 0.6) is 0 Å². The first-order chi connectivity index (χ1) is 12.0. The van der Waals surface area contributed by atoms with E-state index in [1.54, 1.807) is 36.0 Å². The summed E-state index contributed by atoms with van der Waals surface area (Å²) < 4.78 is 18.1. The van der Waals surface area contributed by atoms with Gasteiger partial charge in [0.2, 0.25) is 0 Å². The Bertz CT molecular complexity index is 734. The van der Waals surface area contributed by atoms with Gasteiger partial charge in [-0.15, -0.1) is 11.8 Å². The molecule has 1 N–H and O–H groups in total. The lowest BCUT2D eigenvalue weighted by Crippen LogP contribution is -2.35. The van der Waals surface area contributed by atoms with E-state index in [9.17, 15) is 14.0 Å². The summed E-state index contributed by atoms with van der Waals surface area (Å²) in [6.45, 7) is 3.76. The van der Waals surface area contributed by atoms with Crippen molar-refractivity contribution in [2.45, 2.75) is 31.4 Å². The molecule has 0 aromatic heterocycles. The van der Waals surface area contributed by atoms with Gasteiger partial charge in [-0.25, -0.2) is 9.18 Å². The SMILES string of the molecule is CCSc1ccccc1C(=O)O[C@H](C)C(=O)NCc1ccc(F)cc1. The summed E-state index contributed by atoms with van der Waals surface area (Å²) in [7, 11) is 0. The maximum absolute atomic E-state index is 12.9. The molecule has 2 rings (SSSR count). The molecule has 0 spiro atoms. The van der Waals surface area contributed by atoms with Gasteiger partial charge in [-0.05, 0) is 42.5 Å². The largest absolute Gasteiger partial charge is 0.449 e. The van der Waals surface area contributed by atoms with Gasteiger partial charge in [-0.2, -0.15) is 0 Å². The Morgan fingerprint density at radius 3 is 2.52 bits per heavy atom. The van der Waals surface area contributed by atoms with Crippen molar-refractivity contribution in [3.05, 3.63) is 65.5 Å². The number of benzene rings is 2. The highest BCUT2D eigenvalue weighted by Crippen LogP contribution is 2.23. The number of nitrogens with one attached hydrogen (secondary N) is 1. The third kappa shape index (κ3) is 5.60. The summed E-state index contributed by atoms with van der Waals surface area (Å²) in [5.41, 5.74) is 1.21. The van der Waals surface area contributed by atoms with E-state index < -0.39 is 18.0 Å². The Hall–Kier alpha value is -2.34. The fourth-order valence-corrected chi connectivity index (χ4v) is 2.92. The van der Waals surface area contributed by atoms with Gasteiger partial charge < -0.3 is 10.1 Å². The number of halogens is 1. The van der Waals surface area contributed by atoms with E-state index in [1.165, 1.54) is 19.1 Å². The highest BCUT2D eigenvalue weighted by Gasteiger charge is 2.20. The van der Waals surface area contributed by atoms with Crippen molar-refractivity contribution in [3.63, 3.8) is 0 Å². The molecule has 2 aromatic carbocycles. The topological polar surface area (TPSA) is 55.4 Å². The number of hydrogen-bond acceptors (Lipinski definition) is 4. The zero-order valence-corrected chi connectivity index (χ0v) is 14.9. The minimum absolute atomic E-state index is 0.239. The molecule has 0 aliphatic heterocycles. The first-order valence-electron chi connectivity index (χ1n) is 7.96. The van der Waals surface area contributed by atoms with Crippen LogP contribution in [0.1, 0.15) is 29.8 Å². The van der Waals surface area contributed by atoms with Crippen LogP contribution in [0, 0.1) is 5.82 Å². The molecule has 0 aliphatic carbocycles. The lowest BCUT2D eigenvalue weighted by atomic mass is 10.2. The van der Waals surface area contributed by atoms with Crippen LogP contribution in [-0.2, 0) is 16.1 Å². The summed E-state index contributed by atoms with van der Waals surface area (Å²) in [5, 5.41) is 2.67. The number of thioether (sulfide) groups is 1. The van der Waals surface area contributed by atoms with E-state index in [0.717, 1.165) is 16.2 Å². The van der Waals surface area contributed by atoms with Gasteiger partial charge in [0, 0.05) is 11.4 Å². The molecule has 0 heterocycles. The van der Waals surface area contributed by atoms with Crippen molar-refractivity contribution in [2.75, 3.05) is 5.75 Å². The predicted octanol–water partition coefficient (Wildman–Crippen LogP) is 3.80. The molecular weight excluding hydrogens is 341 g/mol. The second-order valence-electron chi connectivity index (χ2n) is 5.32. The van der Waals surface area contributed by atoms with E-state index in [4.69, 9.17) is 4.74 Å². The molecule has 2 aromatic rings. The molecule has 0 fully saturated rings. The maximum Gasteiger partial charge on any atom is 0.340 e. The Balaban J connectivity index is 1.92. The molecule has 1 atom stereocenters. The second-order valence-corrected chi connectivity index (χ2v) is 6.63. The van der Waals surface area contributed by atoms with E-state index in [1.807, 2.05) is 19.1 Å². The van der Waals surface area contributed by atoms with Gasteiger partial charge in [0.05, 0.1) is 5.56 Å². The smallest absolute Gasteiger partial charge is 0.340 e. The molecule has 0 saturated carbocycles. The number of rotatable bonds is 7. The Morgan fingerprint density at radius 1 is 1.16 bits per heavy atom. The van der Waals surface area contributed by atoms with E-state index in [2.05, 4.69) is 5.32 Å². The van der Waals surface area contributed by atoms with Crippen molar-refractivity contribution in [2.24, 2.45) is 0 Å². The molecule has 0 bridgehead atoms. The van der Waals surface area contributed by atoms with Crippen molar-refractivity contribution in [3.8, 4) is 0 Å². The van der Waals surface area contributed by atoms with Gasteiger partial charge in [0.15, 0.2) is 6.10 Å². The van der Waals surface area contributed by atoms with Crippen LogP contribution in [0.3, 0.4) is 0 Å². The number of amides is 1. The summed E-state index contributed by atoms with van der Waals surface area (Å²) in [4.78, 5) is 25.2. The van der Waals surface area contributed by atoms with Crippen LogP contribution in [0.4, 0.5) is 4.39 Å². The third-order valence-electron chi connectivity index (χ3n) is 3.44. The zero-order valence-electron chi connectivity index (χ0n) is 14.1. The number of hydrogen-bond donors (Lipinski definition) is 1. The predicted molar refractivity (Wildman–Crippen MR) is 96.0 cm³/mol. The summed E-state index contributed by atoms with van der Waals surface area (Å²) in [5.74, 6) is -0.432. The highest BCUT2D eigenvalue weighted by molar-refractivity contribution is 7.99. The average Bonchev–Trinajstić information content (AvgIpc) is 2.61. The zero-order chi connectivity index (χ0) is 18.2. The van der Waals surface area contributed by atoms with Gasteiger partial charge in [0.1, 0.15) is 5.82 Å². The molecule has 6 heteroatoms. The molecular formula is C19H20FNO3S. The van der Waals surface area contributed by atoms with Crippen LogP contribution >= 0.6 is 11.8 Å². The Morgan fingerprint density at radius 2 is 1.84 bits per heavy atom. The molecule has 0 saturated heterocycles. The quantitative estimate of drug-likeness (QED) is 0.602. The Labute approximate surface area is 150 Å². The van der Waals surface area contributed by atoms with Crippen molar-refractivity contribution in [1.29, 1.82) is 0 Å². The molecule has 0 radical (unpaired) electrons. The van der Waals surface area contributed by atoms with E-state index in [0.29, 0.717) is 5.56 Å². The van der Waals surface area contributed by atoms with Crippen LogP contribution in [-0.4, -0.2) is 23.7 Å². The van der Waals surface area contributed by atoms with Crippen molar-refractivity contribution < 1.29 is 18.7 Å². The molecule has 132 valence electrons. The third-order valence-corrected chi connectivity index (χ3v) is 4.40. The van der Waals surface area contributed by atoms with Crippen LogP contribution < -0.4 is 5.32 Å². The molecule has 0 aliphatic rings. The van der Waals surface area contributed by atoms with Crippen LogP contribution in [0.15, 0.2) is 53.4 Å². The fraction of sp³-hybridized carbons (Fsp3) is 0.263. The van der Waals surface area contributed by atoms with E-state index >= 15 is 0 Å².